The molecule has 1 aromatic carbocycles. The van der Waals surface area contributed by atoms with Crippen molar-refractivity contribution < 1.29 is 23.8 Å². The van der Waals surface area contributed by atoms with Gasteiger partial charge in [-0.25, -0.2) is 9.18 Å². The molecule has 0 saturated carbocycles. The summed E-state index contributed by atoms with van der Waals surface area (Å²) in [5, 5.41) is 8.51. The molecular formula is C13H13FO4. The van der Waals surface area contributed by atoms with Crippen LogP contribution in [0.5, 0.6) is 0 Å². The Kier molecular flexibility index (Phi) is 5.05. The smallest absolute Gasteiger partial charge is 0.330 e. The monoisotopic (exact) mass is 252 g/mol. The van der Waals surface area contributed by atoms with Crippen molar-refractivity contribution in [3.63, 3.8) is 0 Å². The van der Waals surface area contributed by atoms with Crippen LogP contribution < -0.4 is 0 Å². The van der Waals surface area contributed by atoms with Crippen molar-refractivity contribution in [3.8, 4) is 0 Å². The number of carbonyl (C=O) groups excluding carboxylic acids is 1. The lowest BCUT2D eigenvalue weighted by atomic mass is 10.1. The molecule has 0 amide bonds. The van der Waals surface area contributed by atoms with Gasteiger partial charge in [0.1, 0.15) is 5.82 Å². The fourth-order valence-corrected chi connectivity index (χ4v) is 1.34. The summed E-state index contributed by atoms with van der Waals surface area (Å²) in [5.74, 6) is -1.97. The van der Waals surface area contributed by atoms with Crippen molar-refractivity contribution >= 4 is 18.0 Å². The molecule has 96 valence electrons. The molecule has 0 aliphatic heterocycles. The fourth-order valence-electron chi connectivity index (χ4n) is 1.34. The fraction of sp³-hybridized carbons (Fsp3) is 0.231. The van der Waals surface area contributed by atoms with Crippen LogP contribution in [0.15, 0.2) is 24.3 Å². The van der Waals surface area contributed by atoms with Crippen LogP contribution in [0.2, 0.25) is 0 Å². The Hall–Kier alpha value is -2.17. The predicted octanol–water partition coefficient (Wildman–Crippen LogP) is 2.03. The van der Waals surface area contributed by atoms with E-state index < -0.39 is 17.8 Å². The number of aryl methyl sites for hydroxylation is 1. The zero-order valence-electron chi connectivity index (χ0n) is 9.85. The van der Waals surface area contributed by atoms with E-state index in [0.29, 0.717) is 11.1 Å². The molecule has 0 saturated heterocycles. The topological polar surface area (TPSA) is 63.6 Å². The maximum Gasteiger partial charge on any atom is 0.330 e. The van der Waals surface area contributed by atoms with E-state index in [1.165, 1.54) is 31.4 Å². The first-order valence-electron chi connectivity index (χ1n) is 5.29. The number of benzene rings is 1. The number of hydrogen-bond donors (Lipinski definition) is 1. The average Bonchev–Trinajstić information content (AvgIpc) is 2.34. The number of aliphatic carboxylic acids is 1. The van der Waals surface area contributed by atoms with E-state index in [0.717, 1.165) is 0 Å². The second kappa shape index (κ2) is 6.54. The minimum absolute atomic E-state index is 0.117. The minimum Gasteiger partial charge on any atom is -0.481 e. The number of rotatable bonds is 5. The molecule has 0 aliphatic carbocycles. The van der Waals surface area contributed by atoms with Gasteiger partial charge in [0, 0.05) is 12.5 Å². The highest BCUT2D eigenvalue weighted by Crippen LogP contribution is 2.13. The number of carbonyl (C=O) groups is 2. The summed E-state index contributed by atoms with van der Waals surface area (Å²) in [7, 11) is 1.25. The van der Waals surface area contributed by atoms with Crippen LogP contribution in [-0.4, -0.2) is 24.2 Å². The van der Waals surface area contributed by atoms with Gasteiger partial charge in [0.05, 0.1) is 7.11 Å². The summed E-state index contributed by atoms with van der Waals surface area (Å²) in [4.78, 5) is 21.2. The maximum absolute atomic E-state index is 13.6. The first-order valence-corrected chi connectivity index (χ1v) is 5.29. The van der Waals surface area contributed by atoms with Gasteiger partial charge < -0.3 is 9.84 Å². The Morgan fingerprint density at radius 2 is 2.17 bits per heavy atom. The van der Waals surface area contributed by atoms with Crippen LogP contribution in [0.4, 0.5) is 4.39 Å². The molecule has 0 fully saturated rings. The van der Waals surface area contributed by atoms with E-state index in [4.69, 9.17) is 5.11 Å². The molecule has 0 aliphatic rings. The van der Waals surface area contributed by atoms with Crippen molar-refractivity contribution in [1.29, 1.82) is 0 Å². The second-order valence-corrected chi connectivity index (χ2v) is 3.60. The largest absolute Gasteiger partial charge is 0.481 e. The van der Waals surface area contributed by atoms with Crippen LogP contribution in [0.3, 0.4) is 0 Å². The van der Waals surface area contributed by atoms with Crippen molar-refractivity contribution in [3.05, 3.63) is 41.2 Å². The highest BCUT2D eigenvalue weighted by atomic mass is 19.1. The molecule has 0 radical (unpaired) electrons. The molecule has 0 heterocycles. The first kappa shape index (κ1) is 13.9. The number of carboxylic acid groups (broad SMARTS) is 1. The lowest BCUT2D eigenvalue weighted by Gasteiger charge is -2.02. The molecule has 1 N–H and O–H groups in total. The highest BCUT2D eigenvalue weighted by molar-refractivity contribution is 5.86. The zero-order chi connectivity index (χ0) is 13.5. The van der Waals surface area contributed by atoms with Crippen LogP contribution in [0.1, 0.15) is 17.5 Å². The van der Waals surface area contributed by atoms with Gasteiger partial charge >= 0.3 is 11.9 Å². The van der Waals surface area contributed by atoms with Crippen LogP contribution in [-0.2, 0) is 20.7 Å². The third-order valence-electron chi connectivity index (χ3n) is 2.30. The van der Waals surface area contributed by atoms with Gasteiger partial charge in [-0.3, -0.25) is 4.79 Å². The molecule has 0 spiro atoms. The molecule has 0 unspecified atom stereocenters. The summed E-state index contributed by atoms with van der Waals surface area (Å²) in [5.41, 5.74) is 0.851. The molecule has 4 nitrogen and oxygen atoms in total. The molecule has 5 heteroatoms. The maximum atomic E-state index is 13.6. The number of hydrogen-bond acceptors (Lipinski definition) is 3. The molecule has 0 atom stereocenters. The molecule has 0 aromatic heterocycles. The van der Waals surface area contributed by atoms with Crippen LogP contribution in [0.25, 0.3) is 6.08 Å². The van der Waals surface area contributed by atoms with E-state index in [2.05, 4.69) is 4.74 Å². The van der Waals surface area contributed by atoms with Crippen molar-refractivity contribution in [1.82, 2.24) is 0 Å². The quantitative estimate of drug-likeness (QED) is 0.643. The van der Waals surface area contributed by atoms with Gasteiger partial charge in [0.2, 0.25) is 0 Å². The van der Waals surface area contributed by atoms with Gasteiger partial charge in [-0.2, -0.15) is 0 Å². The summed E-state index contributed by atoms with van der Waals surface area (Å²) in [6.07, 6.45) is 2.64. The highest BCUT2D eigenvalue weighted by Gasteiger charge is 2.05. The molecule has 1 aromatic rings. The molecule has 0 bridgehead atoms. The van der Waals surface area contributed by atoms with E-state index in [9.17, 15) is 14.0 Å². The Labute approximate surface area is 104 Å². The van der Waals surface area contributed by atoms with Gasteiger partial charge in [-0.1, -0.05) is 12.1 Å². The van der Waals surface area contributed by atoms with Crippen molar-refractivity contribution in [2.24, 2.45) is 0 Å². The number of ether oxygens (including phenoxy) is 1. The standard InChI is InChI=1S/C13H13FO4/c1-18-13(17)7-3-9-2-4-10(11(14)8-9)5-6-12(15)16/h2-4,7-8H,5-6H2,1H3,(H,15,16). The van der Waals surface area contributed by atoms with Gasteiger partial charge in [-0.15, -0.1) is 0 Å². The van der Waals surface area contributed by atoms with Crippen molar-refractivity contribution in [2.45, 2.75) is 12.8 Å². The third kappa shape index (κ3) is 4.37. The van der Waals surface area contributed by atoms with Crippen LogP contribution >= 0.6 is 0 Å². The Balaban J connectivity index is 2.76. The lowest BCUT2D eigenvalue weighted by molar-refractivity contribution is -0.137. The van der Waals surface area contributed by atoms with Crippen molar-refractivity contribution in [2.75, 3.05) is 7.11 Å². The summed E-state index contributed by atoms with van der Waals surface area (Å²) in [6.45, 7) is 0. The van der Waals surface area contributed by atoms with Gasteiger partial charge in [-0.05, 0) is 29.7 Å². The van der Waals surface area contributed by atoms with E-state index in [-0.39, 0.29) is 12.8 Å². The Morgan fingerprint density at radius 1 is 1.44 bits per heavy atom. The second-order valence-electron chi connectivity index (χ2n) is 3.60. The molecule has 18 heavy (non-hydrogen) atoms. The van der Waals surface area contributed by atoms with E-state index >= 15 is 0 Å². The Bertz CT molecular complexity index is 480. The van der Waals surface area contributed by atoms with Gasteiger partial charge in [0.15, 0.2) is 0 Å². The number of halogens is 1. The predicted molar refractivity (Wildman–Crippen MR) is 63.4 cm³/mol. The number of esters is 1. The average molecular weight is 252 g/mol. The normalized spacial score (nSPS) is 10.6. The van der Waals surface area contributed by atoms with E-state index in [1.807, 2.05) is 0 Å². The minimum atomic E-state index is -0.968. The lowest BCUT2D eigenvalue weighted by Crippen LogP contribution is -1.99. The van der Waals surface area contributed by atoms with E-state index in [1.54, 1.807) is 6.07 Å². The SMILES string of the molecule is COC(=O)C=Cc1ccc(CCC(=O)O)c(F)c1. The summed E-state index contributed by atoms with van der Waals surface area (Å²) >= 11 is 0. The first-order chi connectivity index (χ1) is 8.52. The van der Waals surface area contributed by atoms with Gasteiger partial charge in [0.25, 0.3) is 0 Å². The third-order valence-corrected chi connectivity index (χ3v) is 2.30. The summed E-state index contributed by atoms with van der Waals surface area (Å²) < 4.78 is 18.0. The summed E-state index contributed by atoms with van der Waals surface area (Å²) in [6, 6.07) is 4.37. The Morgan fingerprint density at radius 3 is 2.72 bits per heavy atom. The zero-order valence-corrected chi connectivity index (χ0v) is 9.85. The molecule has 1 rings (SSSR count). The van der Waals surface area contributed by atoms with Crippen LogP contribution in [0, 0.1) is 5.82 Å². The molecular weight excluding hydrogens is 239 g/mol. The number of carboxylic acids is 1. The number of methoxy groups -OCH3 is 1.